The zero-order valence-electron chi connectivity index (χ0n) is 11.9. The van der Waals surface area contributed by atoms with Crippen LogP contribution in [0.5, 0.6) is 0 Å². The van der Waals surface area contributed by atoms with Gasteiger partial charge in [0.2, 0.25) is 0 Å². The van der Waals surface area contributed by atoms with Crippen LogP contribution in [0.1, 0.15) is 19.5 Å². The van der Waals surface area contributed by atoms with E-state index in [1.807, 2.05) is 4.68 Å². The van der Waals surface area contributed by atoms with Crippen LogP contribution < -0.4 is 11.1 Å². The Hall–Kier alpha value is -2.08. The molecule has 0 aliphatic carbocycles. The van der Waals surface area contributed by atoms with Gasteiger partial charge in [-0.1, -0.05) is 25.4 Å². The minimum absolute atomic E-state index is 0.187. The topological polar surface area (TPSA) is 85.8 Å². The van der Waals surface area contributed by atoms with Gasteiger partial charge in [0, 0.05) is 29.6 Å². The summed E-state index contributed by atoms with van der Waals surface area (Å²) < 4.78 is 2.01. The predicted octanol–water partition coefficient (Wildman–Crippen LogP) is 2.67. The van der Waals surface area contributed by atoms with Crippen LogP contribution in [0.25, 0.3) is 11.1 Å². The van der Waals surface area contributed by atoms with E-state index in [-0.39, 0.29) is 5.41 Å². The molecule has 0 bridgehead atoms. The third kappa shape index (κ3) is 2.58. The van der Waals surface area contributed by atoms with Gasteiger partial charge in [-0.05, 0) is 17.9 Å². The van der Waals surface area contributed by atoms with Gasteiger partial charge in [-0.2, -0.15) is 5.10 Å². The van der Waals surface area contributed by atoms with Crippen molar-refractivity contribution in [2.45, 2.75) is 26.8 Å². The normalized spacial score (nSPS) is 15.8. The van der Waals surface area contributed by atoms with E-state index < -0.39 is 6.03 Å². The molecule has 3 heterocycles. The molecule has 1 aliphatic rings. The average molecular weight is 306 g/mol. The molecule has 2 amide bonds. The minimum atomic E-state index is -0.655. The first-order chi connectivity index (χ1) is 9.85. The summed E-state index contributed by atoms with van der Waals surface area (Å²) in [5.74, 6) is 0.374. The first-order valence-corrected chi connectivity index (χ1v) is 7.00. The number of carbonyl (C=O) groups excluding carboxylic acids is 1. The Morgan fingerprint density at radius 1 is 1.43 bits per heavy atom. The molecule has 110 valence electrons. The number of nitrogens with one attached hydrogen (secondary N) is 1. The molecule has 0 aromatic carbocycles. The average Bonchev–Trinajstić information content (AvgIpc) is 2.86. The fourth-order valence-electron chi connectivity index (χ4n) is 2.71. The molecular weight excluding hydrogens is 290 g/mol. The molecule has 6 nitrogen and oxygen atoms in total. The Morgan fingerprint density at radius 3 is 2.90 bits per heavy atom. The van der Waals surface area contributed by atoms with E-state index >= 15 is 0 Å². The van der Waals surface area contributed by atoms with Crippen LogP contribution in [0.15, 0.2) is 18.5 Å². The minimum Gasteiger partial charge on any atom is -0.351 e. The van der Waals surface area contributed by atoms with Crippen molar-refractivity contribution in [1.82, 2.24) is 14.8 Å². The lowest BCUT2D eigenvalue weighted by Gasteiger charge is -2.14. The summed E-state index contributed by atoms with van der Waals surface area (Å²) in [5, 5.41) is 7.41. The van der Waals surface area contributed by atoms with Gasteiger partial charge in [0.05, 0.1) is 11.2 Å². The summed E-state index contributed by atoms with van der Waals surface area (Å²) in [6.45, 7) is 5.30. The molecule has 1 aliphatic heterocycles. The Morgan fingerprint density at radius 2 is 2.19 bits per heavy atom. The van der Waals surface area contributed by atoms with Crippen LogP contribution in [-0.2, 0) is 13.0 Å². The van der Waals surface area contributed by atoms with E-state index in [2.05, 4.69) is 29.2 Å². The lowest BCUT2D eigenvalue weighted by atomic mass is 9.89. The third-order valence-corrected chi connectivity index (χ3v) is 3.87. The van der Waals surface area contributed by atoms with E-state index in [4.69, 9.17) is 17.3 Å². The van der Waals surface area contributed by atoms with Crippen molar-refractivity contribution in [3.63, 3.8) is 0 Å². The second kappa shape index (κ2) is 4.73. The number of fused-ring (bicyclic) bond motifs is 1. The molecule has 2 aromatic heterocycles. The maximum Gasteiger partial charge on any atom is 0.317 e. The number of hydrogen-bond donors (Lipinski definition) is 2. The summed E-state index contributed by atoms with van der Waals surface area (Å²) in [4.78, 5) is 15.0. The maximum absolute atomic E-state index is 10.9. The number of nitrogens with zero attached hydrogens (tertiary/aromatic N) is 3. The molecule has 0 spiro atoms. The Bertz CT molecular complexity index is 722. The van der Waals surface area contributed by atoms with Crippen molar-refractivity contribution in [2.75, 3.05) is 5.32 Å². The lowest BCUT2D eigenvalue weighted by molar-refractivity contribution is 0.259. The van der Waals surface area contributed by atoms with Crippen LogP contribution >= 0.6 is 11.6 Å². The Labute approximate surface area is 127 Å². The number of aromatic nitrogens is 3. The first kappa shape index (κ1) is 13.9. The summed E-state index contributed by atoms with van der Waals surface area (Å²) >= 11 is 6.25. The van der Waals surface area contributed by atoms with E-state index in [1.54, 1.807) is 12.3 Å². The second-order valence-electron chi connectivity index (χ2n) is 6.04. The van der Waals surface area contributed by atoms with Gasteiger partial charge in [0.25, 0.3) is 0 Å². The summed E-state index contributed by atoms with van der Waals surface area (Å²) in [6, 6.07) is 1.06. The Balaban J connectivity index is 2.04. The van der Waals surface area contributed by atoms with Gasteiger partial charge >= 0.3 is 6.03 Å². The molecule has 0 radical (unpaired) electrons. The highest BCUT2D eigenvalue weighted by Crippen LogP contribution is 2.39. The number of anilines is 1. The molecule has 0 saturated heterocycles. The number of primary amides is 1. The number of pyridine rings is 1. The highest BCUT2D eigenvalue weighted by atomic mass is 35.5. The molecule has 21 heavy (non-hydrogen) atoms. The first-order valence-electron chi connectivity index (χ1n) is 6.63. The number of amides is 2. The largest absolute Gasteiger partial charge is 0.351 e. The molecular formula is C14H16ClN5O. The predicted molar refractivity (Wildman–Crippen MR) is 81.2 cm³/mol. The van der Waals surface area contributed by atoms with Gasteiger partial charge in [0.1, 0.15) is 5.82 Å². The highest BCUT2D eigenvalue weighted by Gasteiger charge is 2.32. The fourth-order valence-corrected chi connectivity index (χ4v) is 2.92. The monoisotopic (exact) mass is 305 g/mol. The highest BCUT2D eigenvalue weighted by molar-refractivity contribution is 6.33. The molecule has 7 heteroatoms. The van der Waals surface area contributed by atoms with Gasteiger partial charge < -0.3 is 5.73 Å². The third-order valence-electron chi connectivity index (χ3n) is 3.57. The molecule has 3 N–H and O–H groups in total. The number of hydrogen-bond acceptors (Lipinski definition) is 3. The maximum atomic E-state index is 10.9. The quantitative estimate of drug-likeness (QED) is 0.894. The van der Waals surface area contributed by atoms with E-state index in [1.165, 1.54) is 6.20 Å². The van der Waals surface area contributed by atoms with Gasteiger partial charge in [-0.25, -0.2) is 9.78 Å². The standard InChI is InChI=1S/C14H16ClN5O/c1-14(2)4-11-9(5-18-20(11)7-14)8-3-12(19-13(16)21)17-6-10(8)15/h3,5-6H,4,7H2,1-2H3,(H3,16,17,19,21). The Kier molecular flexibility index (Phi) is 3.13. The van der Waals surface area contributed by atoms with Gasteiger partial charge in [-0.15, -0.1) is 0 Å². The SMILES string of the molecule is CC1(C)Cc2c(-c3cc(NC(N)=O)ncc3Cl)cnn2C1. The van der Waals surface area contributed by atoms with Crippen LogP contribution in [0, 0.1) is 5.41 Å². The smallest absolute Gasteiger partial charge is 0.317 e. The number of rotatable bonds is 2. The summed E-state index contributed by atoms with van der Waals surface area (Å²) in [7, 11) is 0. The molecule has 0 fully saturated rings. The fraction of sp³-hybridized carbons (Fsp3) is 0.357. The summed E-state index contributed by atoms with van der Waals surface area (Å²) in [5.41, 5.74) is 8.23. The van der Waals surface area contributed by atoms with Crippen molar-refractivity contribution in [3.8, 4) is 11.1 Å². The molecule has 0 unspecified atom stereocenters. The van der Waals surface area contributed by atoms with E-state index in [0.29, 0.717) is 10.8 Å². The zero-order valence-corrected chi connectivity index (χ0v) is 12.6. The van der Waals surface area contributed by atoms with Gasteiger partial charge in [0.15, 0.2) is 0 Å². The van der Waals surface area contributed by atoms with E-state index in [9.17, 15) is 4.79 Å². The van der Waals surface area contributed by atoms with Crippen LogP contribution in [-0.4, -0.2) is 20.8 Å². The van der Waals surface area contributed by atoms with Crippen molar-refractivity contribution in [1.29, 1.82) is 0 Å². The summed E-state index contributed by atoms with van der Waals surface area (Å²) in [6.07, 6.45) is 4.24. The van der Waals surface area contributed by atoms with E-state index in [0.717, 1.165) is 29.8 Å². The number of urea groups is 1. The van der Waals surface area contributed by atoms with Crippen molar-refractivity contribution >= 4 is 23.4 Å². The van der Waals surface area contributed by atoms with Crippen molar-refractivity contribution < 1.29 is 4.79 Å². The van der Waals surface area contributed by atoms with Crippen LogP contribution in [0.2, 0.25) is 5.02 Å². The zero-order chi connectivity index (χ0) is 15.2. The number of carbonyl (C=O) groups is 1. The van der Waals surface area contributed by atoms with Crippen LogP contribution in [0.4, 0.5) is 10.6 Å². The molecule has 3 rings (SSSR count). The van der Waals surface area contributed by atoms with Gasteiger partial charge in [-0.3, -0.25) is 10.00 Å². The number of nitrogens with two attached hydrogens (primary N) is 1. The van der Waals surface area contributed by atoms with Crippen molar-refractivity contribution in [2.24, 2.45) is 11.1 Å². The van der Waals surface area contributed by atoms with Crippen molar-refractivity contribution in [3.05, 3.63) is 29.2 Å². The van der Waals surface area contributed by atoms with Crippen LogP contribution in [0.3, 0.4) is 0 Å². The molecule has 2 aromatic rings. The molecule has 0 atom stereocenters. The lowest BCUT2D eigenvalue weighted by Crippen LogP contribution is -2.20. The number of halogens is 1. The molecule has 0 saturated carbocycles. The second-order valence-corrected chi connectivity index (χ2v) is 6.45.